The lowest BCUT2D eigenvalue weighted by molar-refractivity contribution is 0.0834. The third-order valence-corrected chi connectivity index (χ3v) is 4.23. The van der Waals surface area contributed by atoms with E-state index in [2.05, 4.69) is 17.4 Å². The molecule has 1 aromatic rings. The third kappa shape index (κ3) is 2.86. The summed E-state index contributed by atoms with van der Waals surface area (Å²) >= 11 is 6.06. The number of hydrogen-bond acceptors (Lipinski definition) is 3. The summed E-state index contributed by atoms with van der Waals surface area (Å²) in [7, 11) is 0. The monoisotopic (exact) mass is 270 g/mol. The molecule has 1 aliphatic rings. The number of hydrogen-bond donors (Lipinski definition) is 1. The Morgan fingerprint density at radius 1 is 1.61 bits per heavy atom. The Labute approximate surface area is 112 Å². The van der Waals surface area contributed by atoms with Gasteiger partial charge in [-0.3, -0.25) is 4.79 Å². The zero-order valence-corrected chi connectivity index (χ0v) is 11.6. The lowest BCUT2D eigenvalue weighted by atomic mass is 9.78. The first-order valence-corrected chi connectivity index (χ1v) is 6.90. The van der Waals surface area contributed by atoms with Gasteiger partial charge in [0.25, 0.3) is 5.91 Å². The number of aryl methyl sites for hydroxylation is 1. The topological polar surface area (TPSA) is 55.1 Å². The summed E-state index contributed by atoms with van der Waals surface area (Å²) in [6.45, 7) is 4.03. The van der Waals surface area contributed by atoms with Crippen molar-refractivity contribution >= 4 is 17.5 Å². The molecule has 1 aromatic heterocycles. The van der Waals surface area contributed by atoms with Crippen molar-refractivity contribution in [3.8, 4) is 0 Å². The van der Waals surface area contributed by atoms with E-state index >= 15 is 0 Å². The molecule has 1 fully saturated rings. The highest BCUT2D eigenvalue weighted by Crippen LogP contribution is 2.33. The molecule has 1 heterocycles. The van der Waals surface area contributed by atoms with Gasteiger partial charge in [-0.15, -0.1) is 11.6 Å². The molecule has 100 valence electrons. The molecule has 2 rings (SSSR count). The number of nitrogens with one attached hydrogen (secondary N) is 1. The Bertz CT molecular complexity index is 422. The zero-order chi connectivity index (χ0) is 13.2. The van der Waals surface area contributed by atoms with Crippen LogP contribution >= 0.6 is 11.6 Å². The Kier molecular flexibility index (Phi) is 3.95. The second-order valence-corrected chi connectivity index (χ2v) is 5.65. The first kappa shape index (κ1) is 13.4. The fraction of sp³-hybridized carbons (Fsp3) is 0.692. The quantitative estimate of drug-likeness (QED) is 0.859. The second kappa shape index (κ2) is 5.31. The predicted molar refractivity (Wildman–Crippen MR) is 69.8 cm³/mol. The molecule has 1 saturated carbocycles. The number of nitrogens with zero attached hydrogens (tertiary/aromatic N) is 1. The maximum absolute atomic E-state index is 12.1. The first-order valence-electron chi connectivity index (χ1n) is 6.36. The van der Waals surface area contributed by atoms with Crippen molar-refractivity contribution in [3.05, 3.63) is 17.5 Å². The molecule has 0 aromatic carbocycles. The molecular weight excluding hydrogens is 252 g/mol. The van der Waals surface area contributed by atoms with E-state index in [0.29, 0.717) is 17.5 Å². The largest absolute Gasteiger partial charge is 0.351 e. The van der Waals surface area contributed by atoms with Crippen molar-refractivity contribution in [2.75, 3.05) is 5.88 Å². The molecule has 0 spiro atoms. The first-order chi connectivity index (χ1) is 8.54. The number of carbonyl (C=O) groups excluding carboxylic acids is 1. The highest BCUT2D eigenvalue weighted by Gasteiger charge is 2.35. The van der Waals surface area contributed by atoms with Crippen LogP contribution in [0.1, 0.15) is 48.9 Å². The Morgan fingerprint density at radius 3 is 2.78 bits per heavy atom. The molecule has 0 bridgehead atoms. The van der Waals surface area contributed by atoms with Crippen molar-refractivity contribution in [1.82, 2.24) is 10.5 Å². The molecule has 5 heteroatoms. The standard InChI is InChI=1S/C13H19ClN2O2/c1-9-3-5-13(8-14,6-4-9)15-12(17)11-7-10(2)16-18-11/h7,9H,3-6,8H2,1-2H3,(H,15,17). The van der Waals surface area contributed by atoms with Gasteiger partial charge in [0.1, 0.15) is 0 Å². The van der Waals surface area contributed by atoms with Gasteiger partial charge in [0, 0.05) is 11.9 Å². The summed E-state index contributed by atoms with van der Waals surface area (Å²) in [5, 5.41) is 6.75. The average molecular weight is 271 g/mol. The van der Waals surface area contributed by atoms with Crippen LogP contribution < -0.4 is 5.32 Å². The van der Waals surface area contributed by atoms with Crippen LogP contribution in [0, 0.1) is 12.8 Å². The van der Waals surface area contributed by atoms with Gasteiger partial charge >= 0.3 is 0 Å². The minimum absolute atomic E-state index is 0.217. The Morgan fingerprint density at radius 2 is 2.28 bits per heavy atom. The summed E-state index contributed by atoms with van der Waals surface area (Å²) in [5.41, 5.74) is 0.420. The van der Waals surface area contributed by atoms with Crippen molar-refractivity contribution < 1.29 is 9.32 Å². The van der Waals surface area contributed by atoms with Crippen LogP contribution in [0.2, 0.25) is 0 Å². The molecule has 0 aliphatic heterocycles. The van der Waals surface area contributed by atoms with Gasteiger partial charge in [-0.1, -0.05) is 12.1 Å². The van der Waals surface area contributed by atoms with Crippen LogP contribution in [0.25, 0.3) is 0 Å². The molecule has 0 unspecified atom stereocenters. The molecule has 0 radical (unpaired) electrons. The van der Waals surface area contributed by atoms with E-state index in [0.717, 1.165) is 25.7 Å². The second-order valence-electron chi connectivity index (χ2n) is 5.38. The maximum atomic E-state index is 12.1. The fourth-order valence-corrected chi connectivity index (χ4v) is 2.71. The highest BCUT2D eigenvalue weighted by molar-refractivity contribution is 6.18. The Balaban J connectivity index is 2.04. The van der Waals surface area contributed by atoms with Gasteiger partial charge in [-0.25, -0.2) is 0 Å². The van der Waals surface area contributed by atoms with Crippen LogP contribution in [0.3, 0.4) is 0 Å². The number of carbonyl (C=O) groups is 1. The lowest BCUT2D eigenvalue weighted by Gasteiger charge is -2.38. The van der Waals surface area contributed by atoms with Gasteiger partial charge in [-0.2, -0.15) is 0 Å². The smallest absolute Gasteiger partial charge is 0.290 e. The summed E-state index contributed by atoms with van der Waals surface area (Å²) in [6, 6.07) is 1.64. The predicted octanol–water partition coefficient (Wildman–Crippen LogP) is 2.90. The zero-order valence-electron chi connectivity index (χ0n) is 10.8. The number of halogens is 1. The van der Waals surface area contributed by atoms with Gasteiger partial charge in [0.15, 0.2) is 0 Å². The number of rotatable bonds is 3. The van der Waals surface area contributed by atoms with E-state index in [1.54, 1.807) is 13.0 Å². The summed E-state index contributed by atoms with van der Waals surface area (Å²) in [6.07, 6.45) is 4.05. The van der Waals surface area contributed by atoms with E-state index in [1.807, 2.05) is 0 Å². The number of amides is 1. The summed E-state index contributed by atoms with van der Waals surface area (Å²) < 4.78 is 4.97. The molecule has 18 heavy (non-hydrogen) atoms. The fourth-order valence-electron chi connectivity index (χ4n) is 2.38. The van der Waals surface area contributed by atoms with Crippen molar-refractivity contribution in [3.63, 3.8) is 0 Å². The molecule has 0 saturated heterocycles. The van der Waals surface area contributed by atoms with Crippen molar-refractivity contribution in [2.24, 2.45) is 5.92 Å². The van der Waals surface area contributed by atoms with Crippen LogP contribution in [-0.4, -0.2) is 22.5 Å². The average Bonchev–Trinajstić information content (AvgIpc) is 2.79. The van der Waals surface area contributed by atoms with E-state index in [9.17, 15) is 4.79 Å². The normalized spacial score (nSPS) is 28.1. The molecule has 0 atom stereocenters. The minimum atomic E-state index is -0.286. The molecule has 1 N–H and O–H groups in total. The third-order valence-electron chi connectivity index (χ3n) is 3.72. The van der Waals surface area contributed by atoms with E-state index in [4.69, 9.17) is 16.1 Å². The maximum Gasteiger partial charge on any atom is 0.290 e. The minimum Gasteiger partial charge on any atom is -0.351 e. The molecule has 4 nitrogen and oxygen atoms in total. The summed E-state index contributed by atoms with van der Waals surface area (Å²) in [4.78, 5) is 12.1. The SMILES string of the molecule is Cc1cc(C(=O)NC2(CCl)CCC(C)CC2)on1. The summed E-state index contributed by atoms with van der Waals surface area (Å²) in [5.74, 6) is 1.20. The number of aromatic nitrogens is 1. The van der Waals surface area contributed by atoms with E-state index < -0.39 is 0 Å². The van der Waals surface area contributed by atoms with Crippen LogP contribution in [-0.2, 0) is 0 Å². The van der Waals surface area contributed by atoms with Gasteiger partial charge < -0.3 is 9.84 Å². The van der Waals surface area contributed by atoms with Gasteiger partial charge in [0.2, 0.25) is 5.76 Å². The van der Waals surface area contributed by atoms with Crippen molar-refractivity contribution in [1.29, 1.82) is 0 Å². The van der Waals surface area contributed by atoms with E-state index in [1.165, 1.54) is 0 Å². The van der Waals surface area contributed by atoms with Crippen LogP contribution in [0.15, 0.2) is 10.6 Å². The van der Waals surface area contributed by atoms with Crippen molar-refractivity contribution in [2.45, 2.75) is 45.1 Å². The Hall–Kier alpha value is -1.03. The highest BCUT2D eigenvalue weighted by atomic mass is 35.5. The van der Waals surface area contributed by atoms with Crippen LogP contribution in [0.4, 0.5) is 0 Å². The molecule has 1 amide bonds. The van der Waals surface area contributed by atoms with Gasteiger partial charge in [-0.05, 0) is 38.5 Å². The van der Waals surface area contributed by atoms with Gasteiger partial charge in [0.05, 0.1) is 11.2 Å². The number of alkyl halides is 1. The van der Waals surface area contributed by atoms with Crippen LogP contribution in [0.5, 0.6) is 0 Å². The lowest BCUT2D eigenvalue weighted by Crippen LogP contribution is -2.52. The molecule has 1 aliphatic carbocycles. The van der Waals surface area contributed by atoms with E-state index in [-0.39, 0.29) is 17.2 Å². The molecular formula is C13H19ClN2O2.